The van der Waals surface area contributed by atoms with Gasteiger partial charge in [0, 0.05) is 12.1 Å². The smallest absolute Gasteiger partial charge is 0.0609 e. The zero-order valence-corrected chi connectivity index (χ0v) is 13.3. The highest BCUT2D eigenvalue weighted by Crippen LogP contribution is 2.22. The van der Waals surface area contributed by atoms with E-state index in [1.54, 1.807) is 0 Å². The molecule has 0 aromatic heterocycles. The minimum absolute atomic E-state index is 0.147. The summed E-state index contributed by atoms with van der Waals surface area (Å²) in [5, 5.41) is 9.35. The first-order valence-electron chi connectivity index (χ1n) is 7.08. The minimum atomic E-state index is -0.147. The molecule has 2 heteroatoms. The number of hydrogen-bond donors (Lipinski definition) is 1. The van der Waals surface area contributed by atoms with Crippen LogP contribution in [0.25, 0.3) is 0 Å². The third-order valence-electron chi connectivity index (χ3n) is 3.98. The zero-order chi connectivity index (χ0) is 14.7. The molecule has 0 saturated carbocycles. The van der Waals surface area contributed by atoms with Crippen molar-refractivity contribution in [1.82, 2.24) is 4.90 Å². The molecule has 1 rings (SSSR count). The van der Waals surface area contributed by atoms with E-state index in [0.717, 1.165) is 13.0 Å². The predicted molar refractivity (Wildman–Crippen MR) is 82.6 cm³/mol. The van der Waals surface area contributed by atoms with Gasteiger partial charge in [0.25, 0.3) is 0 Å². The molecule has 0 spiro atoms. The second kappa shape index (κ2) is 6.06. The van der Waals surface area contributed by atoms with Gasteiger partial charge in [0.2, 0.25) is 0 Å². The minimum Gasteiger partial charge on any atom is -0.394 e. The molecule has 0 unspecified atom stereocenters. The van der Waals surface area contributed by atoms with Gasteiger partial charge in [0.15, 0.2) is 0 Å². The van der Waals surface area contributed by atoms with E-state index in [9.17, 15) is 5.11 Å². The van der Waals surface area contributed by atoms with E-state index < -0.39 is 0 Å². The summed E-state index contributed by atoms with van der Waals surface area (Å²) in [7, 11) is 2.07. The third-order valence-corrected chi connectivity index (χ3v) is 3.98. The summed E-state index contributed by atoms with van der Waals surface area (Å²) < 4.78 is 0. The molecule has 0 atom stereocenters. The van der Waals surface area contributed by atoms with E-state index in [1.807, 2.05) is 0 Å². The maximum atomic E-state index is 9.35. The van der Waals surface area contributed by atoms with Crippen molar-refractivity contribution in [2.75, 3.05) is 20.2 Å². The fraction of sp³-hybridized carbons (Fsp3) is 0.647. The monoisotopic (exact) mass is 263 g/mol. The van der Waals surface area contributed by atoms with Crippen LogP contribution in [0.1, 0.15) is 45.7 Å². The molecule has 0 saturated heterocycles. The van der Waals surface area contributed by atoms with Crippen molar-refractivity contribution in [3.63, 3.8) is 0 Å². The average Bonchev–Trinajstić information content (AvgIpc) is 2.35. The highest BCUT2D eigenvalue weighted by molar-refractivity contribution is 5.27. The van der Waals surface area contributed by atoms with Gasteiger partial charge in [-0.15, -0.1) is 0 Å². The average molecular weight is 263 g/mol. The number of likely N-dealkylation sites (N-methyl/N-ethyl adjacent to an activating group) is 1. The first-order chi connectivity index (χ1) is 8.66. The summed E-state index contributed by atoms with van der Waals surface area (Å²) in [6.07, 6.45) is 1.02. The molecule has 0 amide bonds. The normalized spacial score (nSPS) is 13.1. The number of rotatable bonds is 5. The Labute approximate surface area is 118 Å². The van der Waals surface area contributed by atoms with E-state index >= 15 is 0 Å². The second-order valence-electron chi connectivity index (χ2n) is 7.09. The van der Waals surface area contributed by atoms with Crippen LogP contribution in [0.2, 0.25) is 0 Å². The van der Waals surface area contributed by atoms with Crippen molar-refractivity contribution in [2.45, 2.75) is 52.0 Å². The van der Waals surface area contributed by atoms with Gasteiger partial charge in [0.05, 0.1) is 6.61 Å². The van der Waals surface area contributed by atoms with Crippen LogP contribution >= 0.6 is 0 Å². The van der Waals surface area contributed by atoms with Crippen LogP contribution in [0, 0.1) is 0 Å². The van der Waals surface area contributed by atoms with Crippen LogP contribution in [0.5, 0.6) is 0 Å². The second-order valence-corrected chi connectivity index (χ2v) is 7.09. The molecule has 1 N–H and O–H groups in total. The van der Waals surface area contributed by atoms with Crippen molar-refractivity contribution in [3.05, 3.63) is 35.4 Å². The Morgan fingerprint density at radius 2 is 1.53 bits per heavy atom. The molecule has 0 radical (unpaired) electrons. The highest BCUT2D eigenvalue weighted by atomic mass is 16.3. The predicted octanol–water partition coefficient (Wildman–Crippen LogP) is 3.23. The molecule has 19 heavy (non-hydrogen) atoms. The van der Waals surface area contributed by atoms with E-state index in [1.165, 1.54) is 11.1 Å². The quantitative estimate of drug-likeness (QED) is 0.881. The Bertz CT molecular complexity index is 387. The molecular formula is C17H29NO. The van der Waals surface area contributed by atoms with Gasteiger partial charge in [-0.3, -0.25) is 4.90 Å². The number of aliphatic hydroxyl groups excluding tert-OH is 1. The first kappa shape index (κ1) is 16.2. The Balaban J connectivity index is 2.60. The summed E-state index contributed by atoms with van der Waals surface area (Å²) in [4.78, 5) is 2.21. The number of hydrogen-bond acceptors (Lipinski definition) is 2. The van der Waals surface area contributed by atoms with Gasteiger partial charge in [-0.05, 0) is 43.9 Å². The van der Waals surface area contributed by atoms with Crippen LogP contribution < -0.4 is 0 Å². The lowest BCUT2D eigenvalue weighted by Crippen LogP contribution is -2.45. The molecule has 1 aromatic carbocycles. The topological polar surface area (TPSA) is 23.5 Å². The summed E-state index contributed by atoms with van der Waals surface area (Å²) in [5.74, 6) is 0. The van der Waals surface area contributed by atoms with Crippen LogP contribution in [0.4, 0.5) is 0 Å². The first-order valence-corrected chi connectivity index (χ1v) is 7.08. The summed E-state index contributed by atoms with van der Waals surface area (Å²) in [5.41, 5.74) is 2.80. The summed E-state index contributed by atoms with van der Waals surface area (Å²) in [6, 6.07) is 8.90. The SMILES string of the molecule is CN(CCc1ccc(C(C)(C)C)cc1)C(C)(C)CO. The molecular weight excluding hydrogens is 234 g/mol. The summed E-state index contributed by atoms with van der Waals surface area (Å²) in [6.45, 7) is 12.0. The lowest BCUT2D eigenvalue weighted by molar-refractivity contribution is 0.0801. The van der Waals surface area contributed by atoms with Crippen molar-refractivity contribution < 1.29 is 5.11 Å². The molecule has 0 aliphatic heterocycles. The number of aliphatic hydroxyl groups is 1. The van der Waals surface area contributed by atoms with Gasteiger partial charge in [0.1, 0.15) is 0 Å². The van der Waals surface area contributed by atoms with Crippen molar-refractivity contribution >= 4 is 0 Å². The van der Waals surface area contributed by atoms with Crippen LogP contribution in [-0.2, 0) is 11.8 Å². The van der Waals surface area contributed by atoms with Crippen molar-refractivity contribution in [2.24, 2.45) is 0 Å². The maximum Gasteiger partial charge on any atom is 0.0609 e. The molecule has 0 fully saturated rings. The fourth-order valence-electron chi connectivity index (χ4n) is 1.89. The van der Waals surface area contributed by atoms with Crippen molar-refractivity contribution in [1.29, 1.82) is 0 Å². The van der Waals surface area contributed by atoms with Gasteiger partial charge in [-0.1, -0.05) is 45.0 Å². The Hall–Kier alpha value is -0.860. The number of benzene rings is 1. The maximum absolute atomic E-state index is 9.35. The molecule has 2 nitrogen and oxygen atoms in total. The van der Waals surface area contributed by atoms with Crippen LogP contribution in [0.15, 0.2) is 24.3 Å². The van der Waals surface area contributed by atoms with Crippen LogP contribution in [-0.4, -0.2) is 35.7 Å². The molecule has 0 bridgehead atoms. The number of nitrogens with zero attached hydrogens (tertiary/aromatic N) is 1. The molecule has 108 valence electrons. The standard InChI is InChI=1S/C17H29NO/c1-16(2,3)15-9-7-14(8-10-15)11-12-18(6)17(4,5)13-19/h7-10,19H,11-13H2,1-6H3. The molecule has 0 aliphatic rings. The molecule has 0 heterocycles. The Morgan fingerprint density at radius 1 is 1.00 bits per heavy atom. The van der Waals surface area contributed by atoms with E-state index in [4.69, 9.17) is 0 Å². The van der Waals surface area contributed by atoms with Gasteiger partial charge < -0.3 is 5.11 Å². The van der Waals surface area contributed by atoms with Gasteiger partial charge >= 0.3 is 0 Å². The van der Waals surface area contributed by atoms with E-state index in [2.05, 4.69) is 70.8 Å². The van der Waals surface area contributed by atoms with E-state index in [0.29, 0.717) is 0 Å². The van der Waals surface area contributed by atoms with E-state index in [-0.39, 0.29) is 17.6 Å². The molecule has 0 aliphatic carbocycles. The third kappa shape index (κ3) is 4.63. The lowest BCUT2D eigenvalue weighted by atomic mass is 9.86. The fourth-order valence-corrected chi connectivity index (χ4v) is 1.89. The van der Waals surface area contributed by atoms with Gasteiger partial charge in [-0.25, -0.2) is 0 Å². The zero-order valence-electron chi connectivity index (χ0n) is 13.3. The Morgan fingerprint density at radius 3 is 1.95 bits per heavy atom. The summed E-state index contributed by atoms with van der Waals surface area (Å²) >= 11 is 0. The van der Waals surface area contributed by atoms with Gasteiger partial charge in [-0.2, -0.15) is 0 Å². The highest BCUT2D eigenvalue weighted by Gasteiger charge is 2.21. The van der Waals surface area contributed by atoms with Crippen LogP contribution in [0.3, 0.4) is 0 Å². The lowest BCUT2D eigenvalue weighted by Gasteiger charge is -2.33. The Kier molecular flexibility index (Phi) is 5.17. The largest absolute Gasteiger partial charge is 0.394 e. The van der Waals surface area contributed by atoms with Crippen molar-refractivity contribution in [3.8, 4) is 0 Å². The molecule has 1 aromatic rings.